The number of aliphatic hydroxyl groups excluding tert-OH is 1. The molecule has 0 fully saturated rings. The highest BCUT2D eigenvalue weighted by molar-refractivity contribution is 9.10. The summed E-state index contributed by atoms with van der Waals surface area (Å²) in [5.41, 5.74) is 1.26. The molecule has 0 saturated carbocycles. The number of aliphatic hydroxyl groups is 1. The molecule has 0 aliphatic heterocycles. The molecule has 0 aliphatic carbocycles. The van der Waals surface area contributed by atoms with Gasteiger partial charge in [0.1, 0.15) is 0 Å². The minimum absolute atomic E-state index is 0.161. The van der Waals surface area contributed by atoms with Crippen molar-refractivity contribution in [2.24, 2.45) is 0 Å². The standard InChI is InChI=1S/C13H12BrNO3/c14-12-10(6-7-18-12)13(17)15-11(8-16)9-4-2-1-3-5-9/h1-7,11,16H,8H2,(H,15,17)/t11-/m1/s1. The molecule has 1 aromatic carbocycles. The lowest BCUT2D eigenvalue weighted by Crippen LogP contribution is -2.30. The number of furan rings is 1. The molecule has 5 heteroatoms. The van der Waals surface area contributed by atoms with Crippen LogP contribution in [-0.2, 0) is 0 Å². The van der Waals surface area contributed by atoms with E-state index < -0.39 is 6.04 Å². The molecule has 2 rings (SSSR count). The molecule has 0 bridgehead atoms. The molecule has 2 aromatic rings. The minimum atomic E-state index is -0.430. The number of amides is 1. The van der Waals surface area contributed by atoms with Gasteiger partial charge in [-0.2, -0.15) is 0 Å². The highest BCUT2D eigenvalue weighted by atomic mass is 79.9. The van der Waals surface area contributed by atoms with Crippen LogP contribution in [0.1, 0.15) is 22.0 Å². The number of halogens is 1. The molecule has 18 heavy (non-hydrogen) atoms. The molecule has 1 aromatic heterocycles. The Labute approximate surface area is 113 Å². The molecule has 1 atom stereocenters. The molecule has 94 valence electrons. The first kappa shape index (κ1) is 12.9. The molecule has 1 amide bonds. The Bertz CT molecular complexity index is 524. The number of carbonyl (C=O) groups excluding carboxylic acids is 1. The van der Waals surface area contributed by atoms with Crippen molar-refractivity contribution in [3.63, 3.8) is 0 Å². The van der Waals surface area contributed by atoms with Crippen LogP contribution < -0.4 is 5.32 Å². The summed E-state index contributed by atoms with van der Waals surface area (Å²) in [6.45, 7) is -0.161. The van der Waals surface area contributed by atoms with E-state index in [2.05, 4.69) is 21.2 Å². The summed E-state index contributed by atoms with van der Waals surface area (Å²) in [7, 11) is 0. The van der Waals surface area contributed by atoms with Crippen LogP contribution in [-0.4, -0.2) is 17.6 Å². The summed E-state index contributed by atoms with van der Waals surface area (Å²) >= 11 is 3.14. The second-order valence-electron chi connectivity index (χ2n) is 3.73. The topological polar surface area (TPSA) is 62.5 Å². The van der Waals surface area contributed by atoms with Crippen molar-refractivity contribution in [2.75, 3.05) is 6.61 Å². The zero-order valence-corrected chi connectivity index (χ0v) is 11.1. The maximum atomic E-state index is 12.0. The highest BCUT2D eigenvalue weighted by Gasteiger charge is 2.17. The van der Waals surface area contributed by atoms with E-state index in [1.807, 2.05) is 30.3 Å². The van der Waals surface area contributed by atoms with Crippen molar-refractivity contribution >= 4 is 21.8 Å². The van der Waals surface area contributed by atoms with Crippen molar-refractivity contribution in [2.45, 2.75) is 6.04 Å². The Morgan fingerprint density at radius 1 is 1.33 bits per heavy atom. The third-order valence-corrected chi connectivity index (χ3v) is 3.17. The van der Waals surface area contributed by atoms with Gasteiger partial charge in [-0.3, -0.25) is 4.79 Å². The van der Waals surface area contributed by atoms with Gasteiger partial charge in [-0.25, -0.2) is 0 Å². The van der Waals surface area contributed by atoms with Crippen LogP contribution >= 0.6 is 15.9 Å². The van der Waals surface area contributed by atoms with Gasteiger partial charge in [0.15, 0.2) is 4.67 Å². The molecule has 4 nitrogen and oxygen atoms in total. The smallest absolute Gasteiger partial charge is 0.256 e. The highest BCUT2D eigenvalue weighted by Crippen LogP contribution is 2.19. The van der Waals surface area contributed by atoms with Crippen molar-refractivity contribution in [1.82, 2.24) is 5.32 Å². The Morgan fingerprint density at radius 2 is 2.06 bits per heavy atom. The summed E-state index contributed by atoms with van der Waals surface area (Å²) in [5.74, 6) is -0.293. The van der Waals surface area contributed by atoms with E-state index in [0.717, 1.165) is 5.56 Å². The molecule has 0 spiro atoms. The lowest BCUT2D eigenvalue weighted by atomic mass is 10.1. The summed E-state index contributed by atoms with van der Waals surface area (Å²) in [6, 6.07) is 10.4. The molecule has 0 radical (unpaired) electrons. The van der Waals surface area contributed by atoms with Gasteiger partial charge in [0.05, 0.1) is 24.5 Å². The maximum Gasteiger partial charge on any atom is 0.256 e. The van der Waals surface area contributed by atoms with Crippen molar-refractivity contribution in [1.29, 1.82) is 0 Å². The third-order valence-electron chi connectivity index (χ3n) is 2.55. The first-order valence-corrected chi connectivity index (χ1v) is 6.21. The predicted octanol–water partition coefficient (Wildman–Crippen LogP) is 2.51. The van der Waals surface area contributed by atoms with Gasteiger partial charge >= 0.3 is 0 Å². The predicted molar refractivity (Wildman–Crippen MR) is 70.1 cm³/mol. The van der Waals surface area contributed by atoms with Crippen molar-refractivity contribution in [3.05, 3.63) is 58.5 Å². The van der Waals surface area contributed by atoms with Crippen LogP contribution in [0.2, 0.25) is 0 Å². The molecule has 0 saturated heterocycles. The van der Waals surface area contributed by atoms with Gasteiger partial charge in [0.2, 0.25) is 0 Å². The molecule has 2 N–H and O–H groups in total. The van der Waals surface area contributed by atoms with E-state index in [1.165, 1.54) is 6.26 Å². The molecule has 1 heterocycles. The lowest BCUT2D eigenvalue weighted by molar-refractivity contribution is 0.0914. The van der Waals surface area contributed by atoms with E-state index in [-0.39, 0.29) is 12.5 Å². The summed E-state index contributed by atoms with van der Waals surface area (Å²) in [6.07, 6.45) is 1.43. The zero-order chi connectivity index (χ0) is 13.0. The number of hydrogen-bond acceptors (Lipinski definition) is 3. The average Bonchev–Trinajstić information content (AvgIpc) is 2.83. The van der Waals surface area contributed by atoms with E-state index in [0.29, 0.717) is 10.2 Å². The van der Waals surface area contributed by atoms with Gasteiger partial charge in [0, 0.05) is 0 Å². The van der Waals surface area contributed by atoms with Crippen molar-refractivity contribution in [3.8, 4) is 0 Å². The van der Waals surface area contributed by atoms with E-state index in [1.54, 1.807) is 6.07 Å². The van der Waals surface area contributed by atoms with Crippen LogP contribution in [0, 0.1) is 0 Å². The Kier molecular flexibility index (Phi) is 4.17. The molecular weight excluding hydrogens is 298 g/mol. The molecular formula is C13H12BrNO3. The number of carbonyl (C=O) groups is 1. The maximum absolute atomic E-state index is 12.0. The Morgan fingerprint density at radius 3 is 2.61 bits per heavy atom. The van der Waals surface area contributed by atoms with Gasteiger partial charge in [0.25, 0.3) is 5.91 Å². The fourth-order valence-corrected chi connectivity index (χ4v) is 2.03. The van der Waals surface area contributed by atoms with Crippen LogP contribution in [0.3, 0.4) is 0 Å². The van der Waals surface area contributed by atoms with Crippen LogP contribution in [0.25, 0.3) is 0 Å². The van der Waals surface area contributed by atoms with Crippen LogP contribution in [0.4, 0.5) is 0 Å². The number of nitrogens with one attached hydrogen (secondary N) is 1. The van der Waals surface area contributed by atoms with E-state index >= 15 is 0 Å². The second kappa shape index (κ2) is 5.84. The summed E-state index contributed by atoms with van der Waals surface area (Å²) in [5, 5.41) is 12.1. The first-order valence-electron chi connectivity index (χ1n) is 5.42. The third kappa shape index (κ3) is 2.80. The van der Waals surface area contributed by atoms with E-state index in [4.69, 9.17) is 4.42 Å². The lowest BCUT2D eigenvalue weighted by Gasteiger charge is -2.16. The van der Waals surface area contributed by atoms with Gasteiger partial charge in [-0.1, -0.05) is 30.3 Å². The fourth-order valence-electron chi connectivity index (χ4n) is 1.61. The monoisotopic (exact) mass is 309 g/mol. The SMILES string of the molecule is O=C(N[C@H](CO)c1ccccc1)c1ccoc1Br. The van der Waals surface area contributed by atoms with E-state index in [9.17, 15) is 9.90 Å². The van der Waals surface area contributed by atoms with Gasteiger partial charge < -0.3 is 14.8 Å². The van der Waals surface area contributed by atoms with Crippen molar-refractivity contribution < 1.29 is 14.3 Å². The largest absolute Gasteiger partial charge is 0.457 e. The minimum Gasteiger partial charge on any atom is -0.457 e. The van der Waals surface area contributed by atoms with Crippen LogP contribution in [0.5, 0.6) is 0 Å². The zero-order valence-electron chi connectivity index (χ0n) is 9.47. The second-order valence-corrected chi connectivity index (χ2v) is 4.45. The Balaban J connectivity index is 2.13. The first-order chi connectivity index (χ1) is 8.72. The Hall–Kier alpha value is -1.59. The number of benzene rings is 1. The molecule has 0 aliphatic rings. The number of rotatable bonds is 4. The molecule has 0 unspecified atom stereocenters. The number of hydrogen-bond donors (Lipinski definition) is 2. The normalized spacial score (nSPS) is 12.1. The van der Waals surface area contributed by atoms with Gasteiger partial charge in [-0.05, 0) is 27.6 Å². The summed E-state index contributed by atoms with van der Waals surface area (Å²) < 4.78 is 5.38. The summed E-state index contributed by atoms with van der Waals surface area (Å²) in [4.78, 5) is 12.0. The quantitative estimate of drug-likeness (QED) is 0.912. The van der Waals surface area contributed by atoms with Crippen LogP contribution in [0.15, 0.2) is 51.7 Å². The average molecular weight is 310 g/mol. The van der Waals surface area contributed by atoms with Gasteiger partial charge in [-0.15, -0.1) is 0 Å². The fraction of sp³-hybridized carbons (Fsp3) is 0.154.